The van der Waals surface area contributed by atoms with Crippen LogP contribution in [0, 0.1) is 5.82 Å². The first-order valence-corrected chi connectivity index (χ1v) is 8.88. The van der Waals surface area contributed by atoms with Gasteiger partial charge in [0.05, 0.1) is 18.8 Å². The summed E-state index contributed by atoms with van der Waals surface area (Å²) in [5.74, 6) is -0.706. The Bertz CT molecular complexity index is 1100. The van der Waals surface area contributed by atoms with Crippen molar-refractivity contribution in [2.24, 2.45) is 0 Å². The van der Waals surface area contributed by atoms with Crippen LogP contribution in [0.3, 0.4) is 0 Å². The zero-order valence-electron chi connectivity index (χ0n) is 15.4. The average molecular weight is 401 g/mol. The van der Waals surface area contributed by atoms with Gasteiger partial charge in [0, 0.05) is 24.2 Å². The van der Waals surface area contributed by atoms with Gasteiger partial charge < -0.3 is 10.1 Å². The number of alkyl halides is 1. The van der Waals surface area contributed by atoms with Crippen molar-refractivity contribution in [3.05, 3.63) is 48.2 Å². The standard InChI is InChI=1S/C19H17F2N5O3/c1-11(27)22-8-14-10-25(19(28)29-14)13-3-4-15(16(21)6-13)12-2-5-18-23-17(7-20)24-26(18)9-12/h2-6,9,14H,7-8,10H2,1H3,(H,22,27)/t14-/m0/s1. The van der Waals surface area contributed by atoms with Gasteiger partial charge in [-0.1, -0.05) is 0 Å². The highest BCUT2D eigenvalue weighted by Crippen LogP contribution is 2.29. The molecule has 1 saturated heterocycles. The van der Waals surface area contributed by atoms with Gasteiger partial charge in [0.2, 0.25) is 5.91 Å². The number of benzene rings is 1. The third kappa shape index (κ3) is 3.73. The number of ether oxygens (including phenoxy) is 1. The monoisotopic (exact) mass is 401 g/mol. The minimum atomic E-state index is -0.783. The van der Waals surface area contributed by atoms with Crippen LogP contribution in [0.4, 0.5) is 19.3 Å². The number of amides is 2. The molecular weight excluding hydrogens is 384 g/mol. The van der Waals surface area contributed by atoms with Crippen molar-refractivity contribution in [2.45, 2.75) is 19.7 Å². The van der Waals surface area contributed by atoms with E-state index in [2.05, 4.69) is 15.4 Å². The van der Waals surface area contributed by atoms with Gasteiger partial charge in [0.15, 0.2) is 18.1 Å². The van der Waals surface area contributed by atoms with Gasteiger partial charge in [-0.15, -0.1) is 5.10 Å². The first-order chi connectivity index (χ1) is 13.9. The van der Waals surface area contributed by atoms with Crippen molar-refractivity contribution < 1.29 is 23.1 Å². The number of carbonyl (C=O) groups excluding carboxylic acids is 2. The largest absolute Gasteiger partial charge is 0.442 e. The number of halogens is 2. The smallest absolute Gasteiger partial charge is 0.414 e. The van der Waals surface area contributed by atoms with Crippen LogP contribution >= 0.6 is 0 Å². The summed E-state index contributed by atoms with van der Waals surface area (Å²) in [6.07, 6.45) is 0.455. The van der Waals surface area contributed by atoms with E-state index < -0.39 is 24.7 Å². The maximum Gasteiger partial charge on any atom is 0.414 e. The summed E-state index contributed by atoms with van der Waals surface area (Å²) >= 11 is 0. The topological polar surface area (TPSA) is 88.8 Å². The minimum absolute atomic E-state index is 0.0549. The van der Waals surface area contributed by atoms with Crippen LogP contribution in [0.5, 0.6) is 0 Å². The number of aromatic nitrogens is 3. The summed E-state index contributed by atoms with van der Waals surface area (Å²) in [6, 6.07) is 7.69. The molecule has 3 heterocycles. The van der Waals surface area contributed by atoms with Crippen LogP contribution in [-0.2, 0) is 16.2 Å². The highest BCUT2D eigenvalue weighted by Gasteiger charge is 2.32. The number of pyridine rings is 1. The molecule has 8 nitrogen and oxygen atoms in total. The number of fused-ring (bicyclic) bond motifs is 1. The third-order valence-electron chi connectivity index (χ3n) is 4.52. The molecule has 1 fully saturated rings. The van der Waals surface area contributed by atoms with Gasteiger partial charge in [-0.05, 0) is 30.3 Å². The fourth-order valence-corrected chi connectivity index (χ4v) is 3.15. The van der Waals surface area contributed by atoms with Crippen molar-refractivity contribution in [1.82, 2.24) is 19.9 Å². The van der Waals surface area contributed by atoms with Crippen molar-refractivity contribution >= 4 is 23.3 Å². The van der Waals surface area contributed by atoms with Crippen molar-refractivity contribution in [1.29, 1.82) is 0 Å². The first kappa shape index (κ1) is 18.8. The Kier molecular flexibility index (Phi) is 4.83. The predicted octanol–water partition coefficient (Wildman–Crippen LogP) is 2.47. The second kappa shape index (κ2) is 7.46. The Morgan fingerprint density at radius 2 is 2.17 bits per heavy atom. The maximum absolute atomic E-state index is 14.8. The van der Waals surface area contributed by atoms with E-state index in [0.717, 1.165) is 0 Å². The number of rotatable bonds is 5. The molecule has 150 valence electrons. The van der Waals surface area contributed by atoms with Crippen LogP contribution in [-0.4, -0.2) is 45.8 Å². The lowest BCUT2D eigenvalue weighted by atomic mass is 10.1. The number of nitrogens with one attached hydrogen (secondary N) is 1. The molecule has 4 rings (SSSR count). The average Bonchev–Trinajstić information content (AvgIpc) is 3.28. The maximum atomic E-state index is 14.8. The lowest BCUT2D eigenvalue weighted by molar-refractivity contribution is -0.119. The lowest BCUT2D eigenvalue weighted by Crippen LogP contribution is -2.33. The second-order valence-corrected chi connectivity index (χ2v) is 6.60. The van der Waals surface area contributed by atoms with E-state index in [0.29, 0.717) is 22.5 Å². The van der Waals surface area contributed by atoms with E-state index in [1.807, 2.05) is 0 Å². The summed E-state index contributed by atoms with van der Waals surface area (Å²) in [4.78, 5) is 28.4. The van der Waals surface area contributed by atoms with Gasteiger partial charge in [-0.25, -0.2) is 23.1 Å². The number of carbonyl (C=O) groups is 2. The number of cyclic esters (lactones) is 1. The Morgan fingerprint density at radius 1 is 1.34 bits per heavy atom. The summed E-state index contributed by atoms with van der Waals surface area (Å²) in [5.41, 5.74) is 1.64. The highest BCUT2D eigenvalue weighted by atomic mass is 19.1. The number of anilines is 1. The predicted molar refractivity (Wildman–Crippen MR) is 99.5 cm³/mol. The molecule has 3 aromatic rings. The normalized spacial score (nSPS) is 16.3. The Morgan fingerprint density at radius 3 is 2.90 bits per heavy atom. The van der Waals surface area contributed by atoms with Crippen LogP contribution in [0.15, 0.2) is 36.5 Å². The molecule has 1 aliphatic heterocycles. The molecule has 1 N–H and O–H groups in total. The summed E-state index contributed by atoms with van der Waals surface area (Å²) in [5, 5.41) is 6.57. The van der Waals surface area contributed by atoms with E-state index in [1.165, 1.54) is 22.4 Å². The molecule has 2 aromatic heterocycles. The first-order valence-electron chi connectivity index (χ1n) is 8.88. The lowest BCUT2D eigenvalue weighted by Gasteiger charge is -2.14. The molecule has 1 aliphatic rings. The number of nitrogens with zero attached hydrogens (tertiary/aromatic N) is 4. The molecule has 0 radical (unpaired) electrons. The fourth-order valence-electron chi connectivity index (χ4n) is 3.15. The number of hydrogen-bond acceptors (Lipinski definition) is 5. The van der Waals surface area contributed by atoms with Crippen molar-refractivity contribution in [2.75, 3.05) is 18.0 Å². The van der Waals surface area contributed by atoms with Gasteiger partial charge in [0.25, 0.3) is 0 Å². The number of hydrogen-bond donors (Lipinski definition) is 1. The van der Waals surface area contributed by atoms with Crippen LogP contribution in [0.25, 0.3) is 16.8 Å². The highest BCUT2D eigenvalue weighted by molar-refractivity contribution is 5.90. The zero-order chi connectivity index (χ0) is 20.5. The molecule has 29 heavy (non-hydrogen) atoms. The van der Waals surface area contributed by atoms with Crippen LogP contribution < -0.4 is 10.2 Å². The summed E-state index contributed by atoms with van der Waals surface area (Å²) in [7, 11) is 0. The fraction of sp³-hybridized carbons (Fsp3) is 0.263. The van der Waals surface area contributed by atoms with Crippen molar-refractivity contribution in [3.8, 4) is 11.1 Å². The molecule has 0 spiro atoms. The molecule has 10 heteroatoms. The Balaban J connectivity index is 1.56. The van der Waals surface area contributed by atoms with E-state index >= 15 is 0 Å². The van der Waals surface area contributed by atoms with E-state index in [4.69, 9.17) is 4.74 Å². The van der Waals surface area contributed by atoms with Crippen LogP contribution in [0.1, 0.15) is 12.7 Å². The Hall–Kier alpha value is -3.56. The molecule has 1 atom stereocenters. The second-order valence-electron chi connectivity index (χ2n) is 6.60. The molecule has 0 unspecified atom stereocenters. The van der Waals surface area contributed by atoms with E-state index in [1.54, 1.807) is 30.5 Å². The van der Waals surface area contributed by atoms with Gasteiger partial charge in [0.1, 0.15) is 11.9 Å². The third-order valence-corrected chi connectivity index (χ3v) is 4.52. The molecule has 0 aliphatic carbocycles. The molecule has 1 aromatic carbocycles. The summed E-state index contributed by atoms with van der Waals surface area (Å²) in [6.45, 7) is 0.985. The van der Waals surface area contributed by atoms with Crippen LogP contribution in [0.2, 0.25) is 0 Å². The van der Waals surface area contributed by atoms with Crippen molar-refractivity contribution in [3.63, 3.8) is 0 Å². The van der Waals surface area contributed by atoms with Gasteiger partial charge in [-0.3, -0.25) is 9.69 Å². The summed E-state index contributed by atoms with van der Waals surface area (Å²) < 4.78 is 34.1. The van der Waals surface area contributed by atoms with Gasteiger partial charge in [-0.2, -0.15) is 0 Å². The quantitative estimate of drug-likeness (QED) is 0.710. The van der Waals surface area contributed by atoms with E-state index in [-0.39, 0.29) is 24.8 Å². The SMILES string of the molecule is CC(=O)NC[C@H]1CN(c2ccc(-c3ccc4nc(CF)nn4c3)c(F)c2)C(=O)O1. The Labute approximate surface area is 164 Å². The molecule has 2 amide bonds. The molecular formula is C19H17F2N5O3. The van der Waals surface area contributed by atoms with Gasteiger partial charge >= 0.3 is 6.09 Å². The zero-order valence-corrected chi connectivity index (χ0v) is 15.4. The minimum Gasteiger partial charge on any atom is -0.442 e. The molecule has 0 saturated carbocycles. The van der Waals surface area contributed by atoms with E-state index in [9.17, 15) is 18.4 Å². The molecule has 0 bridgehead atoms.